The van der Waals surface area contributed by atoms with Gasteiger partial charge in [0.05, 0.1) is 12.2 Å². The van der Waals surface area contributed by atoms with E-state index in [0.717, 1.165) is 32.4 Å². The highest BCUT2D eigenvalue weighted by Crippen LogP contribution is 2.28. The van der Waals surface area contributed by atoms with E-state index < -0.39 is 6.10 Å². The number of rotatable bonds is 6. The van der Waals surface area contributed by atoms with Crippen LogP contribution in [0.4, 0.5) is 0 Å². The maximum atomic E-state index is 12.3. The summed E-state index contributed by atoms with van der Waals surface area (Å²) in [7, 11) is 0. The molecule has 2 fully saturated rings. The minimum absolute atomic E-state index is 0.0652. The third-order valence-corrected chi connectivity index (χ3v) is 6.00. The van der Waals surface area contributed by atoms with Crippen LogP contribution in [0.5, 0.6) is 0 Å². The molecule has 1 amide bonds. The number of carbonyl (C=O) groups is 1. The van der Waals surface area contributed by atoms with Crippen LogP contribution in [0.15, 0.2) is 0 Å². The molecule has 0 aromatic rings. The zero-order valence-electron chi connectivity index (χ0n) is 13.3. The molecule has 1 saturated carbocycles. The molecule has 4 nitrogen and oxygen atoms in total. The topological polar surface area (TPSA) is 49.8 Å². The predicted octanol–water partition coefficient (Wildman–Crippen LogP) is 2.30. The molecule has 2 rings (SSSR count). The van der Waals surface area contributed by atoms with Gasteiger partial charge < -0.3 is 14.7 Å². The minimum Gasteiger partial charge on any atom is -0.390 e. The second-order valence-corrected chi connectivity index (χ2v) is 7.81. The highest BCUT2D eigenvalue weighted by atomic mass is 32.2. The molecule has 0 radical (unpaired) electrons. The molecule has 1 aliphatic carbocycles. The first-order valence-corrected chi connectivity index (χ1v) is 9.34. The van der Waals surface area contributed by atoms with Crippen LogP contribution in [0.1, 0.15) is 46.0 Å². The van der Waals surface area contributed by atoms with Gasteiger partial charge in [0.25, 0.3) is 0 Å². The molecule has 1 heterocycles. The highest BCUT2D eigenvalue weighted by Gasteiger charge is 2.29. The fraction of sp³-hybridized carbons (Fsp3) is 0.938. The molecule has 5 heteroatoms. The van der Waals surface area contributed by atoms with E-state index in [1.165, 1.54) is 18.6 Å². The Balaban J connectivity index is 1.76. The van der Waals surface area contributed by atoms with E-state index in [4.69, 9.17) is 4.74 Å². The van der Waals surface area contributed by atoms with Crippen molar-refractivity contribution in [1.82, 2.24) is 4.90 Å². The highest BCUT2D eigenvalue weighted by molar-refractivity contribution is 8.00. The van der Waals surface area contributed by atoms with E-state index in [0.29, 0.717) is 11.2 Å². The van der Waals surface area contributed by atoms with Gasteiger partial charge in [0.15, 0.2) is 0 Å². The quantitative estimate of drug-likeness (QED) is 0.817. The summed E-state index contributed by atoms with van der Waals surface area (Å²) in [5.41, 5.74) is 0. The second-order valence-electron chi connectivity index (χ2n) is 6.40. The van der Waals surface area contributed by atoms with E-state index >= 15 is 0 Å². The molecule has 1 N–H and O–H groups in total. The number of hydrogen-bond acceptors (Lipinski definition) is 4. The minimum atomic E-state index is -0.408. The summed E-state index contributed by atoms with van der Waals surface area (Å²) in [6.07, 6.45) is 4.61. The summed E-state index contributed by atoms with van der Waals surface area (Å²) in [5, 5.41) is 10.6. The molecular weight excluding hydrogens is 286 g/mol. The Labute approximate surface area is 132 Å². The van der Waals surface area contributed by atoms with Crippen LogP contribution in [-0.2, 0) is 9.53 Å². The van der Waals surface area contributed by atoms with Crippen molar-refractivity contribution in [2.75, 3.05) is 25.4 Å². The van der Waals surface area contributed by atoms with Gasteiger partial charge in [-0.25, -0.2) is 0 Å². The Kier molecular flexibility index (Phi) is 6.83. The molecule has 4 atom stereocenters. The standard InChI is InChI=1S/C16H29NO3S/c1-3-17(10-13-5-4-8-21-13)16(19)11-20-15-9-12(2)6-7-14(15)18/h12-15,18H,3-11H2,1-2H3. The molecule has 0 aromatic carbocycles. The van der Waals surface area contributed by atoms with Crippen LogP contribution >= 0.6 is 11.8 Å². The number of hydrogen-bond donors (Lipinski definition) is 1. The Morgan fingerprint density at radius 3 is 2.86 bits per heavy atom. The van der Waals surface area contributed by atoms with Gasteiger partial charge in [-0.05, 0) is 50.7 Å². The summed E-state index contributed by atoms with van der Waals surface area (Å²) in [5.74, 6) is 1.86. The van der Waals surface area contributed by atoms with Gasteiger partial charge in [-0.3, -0.25) is 4.79 Å². The van der Waals surface area contributed by atoms with Gasteiger partial charge in [0.1, 0.15) is 6.61 Å². The smallest absolute Gasteiger partial charge is 0.248 e. The van der Waals surface area contributed by atoms with Crippen molar-refractivity contribution < 1.29 is 14.6 Å². The molecule has 0 spiro atoms. The van der Waals surface area contributed by atoms with Crippen LogP contribution in [-0.4, -0.2) is 58.8 Å². The van der Waals surface area contributed by atoms with Crippen LogP contribution in [0.2, 0.25) is 0 Å². The van der Waals surface area contributed by atoms with Crippen LogP contribution in [0.25, 0.3) is 0 Å². The number of amides is 1. The van der Waals surface area contributed by atoms with Gasteiger partial charge in [-0.2, -0.15) is 11.8 Å². The molecular formula is C16H29NO3S. The zero-order valence-corrected chi connectivity index (χ0v) is 14.1. The van der Waals surface area contributed by atoms with Crippen molar-refractivity contribution in [2.24, 2.45) is 5.92 Å². The van der Waals surface area contributed by atoms with Gasteiger partial charge >= 0.3 is 0 Å². The van der Waals surface area contributed by atoms with E-state index in [-0.39, 0.29) is 18.6 Å². The Morgan fingerprint density at radius 1 is 1.38 bits per heavy atom. The molecule has 2 aliphatic rings. The number of ether oxygens (including phenoxy) is 1. The van der Waals surface area contributed by atoms with Crippen LogP contribution in [0, 0.1) is 5.92 Å². The summed E-state index contributed by atoms with van der Waals surface area (Å²) in [6.45, 7) is 5.89. The van der Waals surface area contributed by atoms with E-state index in [9.17, 15) is 9.90 Å². The Bertz CT molecular complexity index is 333. The molecule has 1 saturated heterocycles. The lowest BCUT2D eigenvalue weighted by Gasteiger charge is -2.32. The predicted molar refractivity (Wildman–Crippen MR) is 86.5 cm³/mol. The summed E-state index contributed by atoms with van der Waals surface area (Å²) < 4.78 is 5.73. The fourth-order valence-electron chi connectivity index (χ4n) is 3.20. The third-order valence-electron chi connectivity index (χ3n) is 4.62. The normalized spacial score (nSPS) is 33.1. The number of carbonyl (C=O) groups excluding carboxylic acids is 1. The fourth-order valence-corrected chi connectivity index (χ4v) is 4.49. The zero-order chi connectivity index (χ0) is 15.2. The van der Waals surface area contributed by atoms with Crippen molar-refractivity contribution in [3.05, 3.63) is 0 Å². The first kappa shape index (κ1) is 17.1. The van der Waals surface area contributed by atoms with Crippen LogP contribution < -0.4 is 0 Å². The Morgan fingerprint density at radius 2 is 2.19 bits per heavy atom. The lowest BCUT2D eigenvalue weighted by Crippen LogP contribution is -2.41. The lowest BCUT2D eigenvalue weighted by atomic mass is 9.86. The van der Waals surface area contributed by atoms with Gasteiger partial charge in [0.2, 0.25) is 5.91 Å². The first-order chi connectivity index (χ1) is 10.1. The lowest BCUT2D eigenvalue weighted by molar-refractivity contribution is -0.143. The maximum Gasteiger partial charge on any atom is 0.248 e. The summed E-state index contributed by atoms with van der Waals surface area (Å²) in [6, 6.07) is 0. The third kappa shape index (κ3) is 5.15. The second kappa shape index (κ2) is 8.39. The number of thioether (sulfide) groups is 1. The average Bonchev–Trinajstić information content (AvgIpc) is 2.98. The van der Waals surface area contributed by atoms with Crippen molar-refractivity contribution in [3.8, 4) is 0 Å². The molecule has 122 valence electrons. The van der Waals surface area contributed by atoms with E-state index in [1.807, 2.05) is 23.6 Å². The molecule has 0 aromatic heterocycles. The monoisotopic (exact) mass is 315 g/mol. The summed E-state index contributed by atoms with van der Waals surface area (Å²) in [4.78, 5) is 14.2. The van der Waals surface area contributed by atoms with Gasteiger partial charge in [-0.1, -0.05) is 6.92 Å². The number of aliphatic hydroxyl groups is 1. The summed E-state index contributed by atoms with van der Waals surface area (Å²) >= 11 is 1.98. The molecule has 1 aliphatic heterocycles. The van der Waals surface area contributed by atoms with Crippen LogP contribution in [0.3, 0.4) is 0 Å². The number of likely N-dealkylation sites (N-methyl/N-ethyl adjacent to an activating group) is 1. The molecule has 4 unspecified atom stereocenters. The maximum absolute atomic E-state index is 12.3. The van der Waals surface area contributed by atoms with E-state index in [1.54, 1.807) is 0 Å². The SMILES string of the molecule is CCN(CC1CCCS1)C(=O)COC1CC(C)CCC1O. The molecule has 0 bridgehead atoms. The first-order valence-electron chi connectivity index (χ1n) is 8.29. The van der Waals surface area contributed by atoms with Crippen molar-refractivity contribution >= 4 is 17.7 Å². The van der Waals surface area contributed by atoms with Gasteiger partial charge in [-0.15, -0.1) is 0 Å². The average molecular weight is 315 g/mol. The van der Waals surface area contributed by atoms with Gasteiger partial charge in [0, 0.05) is 18.3 Å². The van der Waals surface area contributed by atoms with Crippen molar-refractivity contribution in [3.63, 3.8) is 0 Å². The molecule has 21 heavy (non-hydrogen) atoms. The van der Waals surface area contributed by atoms with Crippen molar-refractivity contribution in [2.45, 2.75) is 63.4 Å². The van der Waals surface area contributed by atoms with E-state index in [2.05, 4.69) is 6.92 Å². The van der Waals surface area contributed by atoms with Crippen molar-refractivity contribution in [1.29, 1.82) is 0 Å². The largest absolute Gasteiger partial charge is 0.390 e. The Hall–Kier alpha value is -0.260. The number of aliphatic hydroxyl groups excluding tert-OH is 1. The number of nitrogens with zero attached hydrogens (tertiary/aromatic N) is 1.